The van der Waals surface area contributed by atoms with Gasteiger partial charge in [0.05, 0.1) is 5.69 Å². The van der Waals surface area contributed by atoms with Crippen molar-refractivity contribution in [1.29, 1.82) is 0 Å². The van der Waals surface area contributed by atoms with E-state index in [1.807, 2.05) is 0 Å². The summed E-state index contributed by atoms with van der Waals surface area (Å²) in [6.07, 6.45) is 4.63. The van der Waals surface area contributed by atoms with Gasteiger partial charge in [-0.25, -0.2) is 4.98 Å². The van der Waals surface area contributed by atoms with Crippen LogP contribution in [-0.4, -0.2) is 23.6 Å². The molecule has 0 radical (unpaired) electrons. The first kappa shape index (κ1) is 11.0. The monoisotopic (exact) mass is 193 g/mol. The first-order valence-corrected chi connectivity index (χ1v) is 5.22. The zero-order chi connectivity index (χ0) is 10.6. The lowest BCUT2D eigenvalue weighted by atomic mass is 10.0. The second kappa shape index (κ2) is 4.94. The second-order valence-electron chi connectivity index (χ2n) is 3.59. The van der Waals surface area contributed by atoms with E-state index in [0.717, 1.165) is 24.5 Å². The van der Waals surface area contributed by atoms with Crippen LogP contribution in [0.3, 0.4) is 0 Å². The molecule has 0 aliphatic rings. The zero-order valence-electron chi connectivity index (χ0n) is 9.49. The number of aromatic nitrogens is 2. The van der Waals surface area contributed by atoms with Crippen molar-refractivity contribution < 1.29 is 0 Å². The molecule has 1 aromatic rings. The van der Waals surface area contributed by atoms with Crippen molar-refractivity contribution in [3.63, 3.8) is 0 Å². The van der Waals surface area contributed by atoms with E-state index in [9.17, 15) is 0 Å². The molecule has 0 fully saturated rings. The highest BCUT2D eigenvalue weighted by Crippen LogP contribution is 2.24. The molecule has 0 spiro atoms. The Balaban J connectivity index is 3.02. The molecule has 0 aliphatic carbocycles. The smallest absolute Gasteiger partial charge is 0.150 e. The van der Waals surface area contributed by atoms with Crippen molar-refractivity contribution in [2.24, 2.45) is 0 Å². The van der Waals surface area contributed by atoms with Gasteiger partial charge in [-0.1, -0.05) is 13.8 Å². The molecular weight excluding hydrogens is 174 g/mol. The van der Waals surface area contributed by atoms with Gasteiger partial charge >= 0.3 is 0 Å². The molecule has 0 N–H and O–H groups in total. The Labute approximate surface area is 86.2 Å². The maximum atomic E-state index is 4.41. The third-order valence-electron chi connectivity index (χ3n) is 2.62. The highest BCUT2D eigenvalue weighted by atomic mass is 15.2. The summed E-state index contributed by atoms with van der Waals surface area (Å²) in [5.74, 6) is 1.50. The van der Waals surface area contributed by atoms with Crippen molar-refractivity contribution in [2.45, 2.75) is 33.1 Å². The van der Waals surface area contributed by atoms with Crippen LogP contribution in [0.1, 0.15) is 38.8 Å². The minimum atomic E-state index is 0.479. The molecule has 0 aromatic carbocycles. The van der Waals surface area contributed by atoms with Crippen molar-refractivity contribution >= 4 is 5.82 Å². The van der Waals surface area contributed by atoms with Crippen LogP contribution in [0.15, 0.2) is 12.4 Å². The Bertz CT molecular complexity index is 257. The lowest BCUT2D eigenvalue weighted by Crippen LogP contribution is -2.20. The van der Waals surface area contributed by atoms with Gasteiger partial charge in [-0.2, -0.15) is 0 Å². The summed E-state index contributed by atoms with van der Waals surface area (Å²) in [4.78, 5) is 10.9. The first-order valence-electron chi connectivity index (χ1n) is 5.22. The molecule has 0 saturated heterocycles. The van der Waals surface area contributed by atoms with Gasteiger partial charge in [0.15, 0.2) is 0 Å². The molecule has 1 rings (SSSR count). The van der Waals surface area contributed by atoms with Crippen LogP contribution in [0.5, 0.6) is 0 Å². The Kier molecular flexibility index (Phi) is 3.86. The van der Waals surface area contributed by atoms with Gasteiger partial charge in [0.1, 0.15) is 5.82 Å². The fraction of sp³-hybridized carbons (Fsp3) is 0.636. The van der Waals surface area contributed by atoms with Crippen LogP contribution in [-0.2, 0) is 0 Å². The van der Waals surface area contributed by atoms with E-state index >= 15 is 0 Å². The molecule has 0 aliphatic heterocycles. The molecule has 1 aromatic heterocycles. The highest BCUT2D eigenvalue weighted by molar-refractivity contribution is 5.43. The average Bonchev–Trinajstić information content (AvgIpc) is 2.27. The van der Waals surface area contributed by atoms with Crippen LogP contribution in [0.2, 0.25) is 0 Å². The molecule has 0 saturated carbocycles. The summed E-state index contributed by atoms with van der Waals surface area (Å²) in [7, 11) is 2.05. The molecule has 1 heterocycles. The van der Waals surface area contributed by atoms with Crippen molar-refractivity contribution in [3.05, 3.63) is 18.1 Å². The molecule has 1 atom stereocenters. The van der Waals surface area contributed by atoms with E-state index < -0.39 is 0 Å². The molecule has 0 bridgehead atoms. The molecule has 0 amide bonds. The largest absolute Gasteiger partial charge is 0.358 e. The molecular formula is C11H19N3. The Morgan fingerprint density at radius 3 is 2.50 bits per heavy atom. The quantitative estimate of drug-likeness (QED) is 0.735. The summed E-state index contributed by atoms with van der Waals surface area (Å²) < 4.78 is 0. The van der Waals surface area contributed by atoms with E-state index in [1.54, 1.807) is 12.4 Å². The van der Waals surface area contributed by atoms with Crippen molar-refractivity contribution in [2.75, 3.05) is 18.5 Å². The van der Waals surface area contributed by atoms with Gasteiger partial charge in [0, 0.05) is 31.9 Å². The van der Waals surface area contributed by atoms with Crippen LogP contribution in [0.4, 0.5) is 5.82 Å². The third-order valence-corrected chi connectivity index (χ3v) is 2.62. The minimum absolute atomic E-state index is 0.479. The second-order valence-corrected chi connectivity index (χ2v) is 3.59. The normalized spacial score (nSPS) is 12.6. The molecule has 3 nitrogen and oxygen atoms in total. The fourth-order valence-corrected chi connectivity index (χ4v) is 1.33. The molecule has 3 heteroatoms. The molecule has 78 valence electrons. The van der Waals surface area contributed by atoms with E-state index in [4.69, 9.17) is 0 Å². The summed E-state index contributed by atoms with van der Waals surface area (Å²) in [6.45, 7) is 7.45. The van der Waals surface area contributed by atoms with Crippen LogP contribution in [0.25, 0.3) is 0 Å². The predicted octanol–water partition coefficient (Wildman–Crippen LogP) is 2.45. The Hall–Kier alpha value is -1.12. The van der Waals surface area contributed by atoms with Crippen molar-refractivity contribution in [3.8, 4) is 0 Å². The van der Waals surface area contributed by atoms with E-state index in [-0.39, 0.29) is 0 Å². The lowest BCUT2D eigenvalue weighted by Gasteiger charge is -2.20. The van der Waals surface area contributed by atoms with Gasteiger partial charge in [0.25, 0.3) is 0 Å². The van der Waals surface area contributed by atoms with E-state index in [1.165, 1.54) is 0 Å². The van der Waals surface area contributed by atoms with Gasteiger partial charge in [0.2, 0.25) is 0 Å². The standard InChI is InChI=1S/C11H19N3/c1-5-9(3)10-11(14(4)6-2)13-8-7-12-10/h7-9H,5-6H2,1-4H3. The minimum Gasteiger partial charge on any atom is -0.358 e. The lowest BCUT2D eigenvalue weighted by molar-refractivity contribution is 0.696. The highest BCUT2D eigenvalue weighted by Gasteiger charge is 2.13. The number of hydrogen-bond donors (Lipinski definition) is 0. The predicted molar refractivity (Wildman–Crippen MR) is 59.7 cm³/mol. The number of rotatable bonds is 4. The maximum absolute atomic E-state index is 4.41. The van der Waals surface area contributed by atoms with Gasteiger partial charge in [-0.05, 0) is 13.3 Å². The van der Waals surface area contributed by atoms with Gasteiger partial charge in [-0.15, -0.1) is 0 Å². The summed E-state index contributed by atoms with van der Waals surface area (Å²) in [6, 6.07) is 0. The van der Waals surface area contributed by atoms with Crippen LogP contribution < -0.4 is 4.90 Å². The number of anilines is 1. The maximum Gasteiger partial charge on any atom is 0.150 e. The summed E-state index contributed by atoms with van der Waals surface area (Å²) in [5, 5.41) is 0. The van der Waals surface area contributed by atoms with Gasteiger partial charge < -0.3 is 4.90 Å². The summed E-state index contributed by atoms with van der Waals surface area (Å²) >= 11 is 0. The van der Waals surface area contributed by atoms with Gasteiger partial charge in [-0.3, -0.25) is 4.98 Å². The summed E-state index contributed by atoms with van der Waals surface area (Å²) in [5.41, 5.74) is 1.11. The van der Waals surface area contributed by atoms with E-state index in [2.05, 4.69) is 42.7 Å². The number of hydrogen-bond acceptors (Lipinski definition) is 3. The zero-order valence-corrected chi connectivity index (χ0v) is 9.49. The third kappa shape index (κ3) is 2.22. The SMILES string of the molecule is CCC(C)c1nccnc1N(C)CC. The Morgan fingerprint density at radius 2 is 1.93 bits per heavy atom. The van der Waals surface area contributed by atoms with Crippen LogP contribution >= 0.6 is 0 Å². The van der Waals surface area contributed by atoms with Crippen molar-refractivity contribution in [1.82, 2.24) is 9.97 Å². The van der Waals surface area contributed by atoms with Crippen LogP contribution in [0, 0.1) is 0 Å². The molecule has 1 unspecified atom stereocenters. The Morgan fingerprint density at radius 1 is 1.29 bits per heavy atom. The fourth-order valence-electron chi connectivity index (χ4n) is 1.33. The molecule has 14 heavy (non-hydrogen) atoms. The average molecular weight is 193 g/mol. The first-order chi connectivity index (χ1) is 6.70. The van der Waals surface area contributed by atoms with E-state index in [0.29, 0.717) is 5.92 Å². The number of nitrogens with zero attached hydrogens (tertiary/aromatic N) is 3. The topological polar surface area (TPSA) is 29.0 Å².